The van der Waals surface area contributed by atoms with E-state index in [0.29, 0.717) is 12.8 Å². The molecule has 2 aromatic carbocycles. The van der Waals surface area contributed by atoms with Crippen LogP contribution in [0.4, 0.5) is 0 Å². The highest BCUT2D eigenvalue weighted by molar-refractivity contribution is 6.03. The van der Waals surface area contributed by atoms with E-state index in [2.05, 4.69) is 11.2 Å². The summed E-state index contributed by atoms with van der Waals surface area (Å²) in [5, 5.41) is 6.06. The van der Waals surface area contributed by atoms with Gasteiger partial charge in [0.1, 0.15) is 5.75 Å². The molecule has 1 aliphatic carbocycles. The normalized spacial score (nSPS) is 19.9. The van der Waals surface area contributed by atoms with Crippen molar-refractivity contribution in [3.63, 3.8) is 0 Å². The number of hydrazone groups is 1. The second kappa shape index (κ2) is 9.60. The Labute approximate surface area is 182 Å². The van der Waals surface area contributed by atoms with Gasteiger partial charge in [-0.3, -0.25) is 9.59 Å². The van der Waals surface area contributed by atoms with Crippen LogP contribution in [0.3, 0.4) is 0 Å². The van der Waals surface area contributed by atoms with E-state index in [1.165, 1.54) is 5.01 Å². The standard InChI is InChI=1S/C25H26N2O4/c1-30-21-13-11-20(12-14-21)23-16-22(19-9-3-2-4-10-19)26-27(23)24(28)17-31-25(29)15-18-7-5-6-8-18/h2-5,7,9-14,18,23H,6,8,15-17H2,1H3/t18-,23-/m0/s1. The zero-order valence-corrected chi connectivity index (χ0v) is 17.6. The zero-order valence-electron chi connectivity index (χ0n) is 17.6. The third-order valence-corrected chi connectivity index (χ3v) is 5.67. The molecule has 0 radical (unpaired) electrons. The monoisotopic (exact) mass is 418 g/mol. The van der Waals surface area contributed by atoms with Crippen LogP contribution in [0.25, 0.3) is 0 Å². The molecule has 0 saturated carbocycles. The molecule has 31 heavy (non-hydrogen) atoms. The molecule has 0 spiro atoms. The molecule has 0 fully saturated rings. The lowest BCUT2D eigenvalue weighted by atomic mass is 9.98. The summed E-state index contributed by atoms with van der Waals surface area (Å²) in [6, 6.07) is 17.2. The summed E-state index contributed by atoms with van der Waals surface area (Å²) in [6.07, 6.45) is 6.96. The minimum absolute atomic E-state index is 0.212. The van der Waals surface area contributed by atoms with Crippen molar-refractivity contribution in [1.82, 2.24) is 5.01 Å². The van der Waals surface area contributed by atoms with E-state index in [1.54, 1.807) is 7.11 Å². The van der Waals surface area contributed by atoms with Crippen molar-refractivity contribution >= 4 is 17.6 Å². The summed E-state index contributed by atoms with van der Waals surface area (Å²) >= 11 is 0. The molecule has 0 bridgehead atoms. The van der Waals surface area contributed by atoms with E-state index < -0.39 is 0 Å². The van der Waals surface area contributed by atoms with Crippen LogP contribution < -0.4 is 4.74 Å². The maximum Gasteiger partial charge on any atom is 0.306 e. The van der Waals surface area contributed by atoms with Crippen LogP contribution in [0.2, 0.25) is 0 Å². The third kappa shape index (κ3) is 5.02. The molecule has 1 aliphatic heterocycles. The average Bonchev–Trinajstić information content (AvgIpc) is 3.48. The molecule has 4 rings (SSSR count). The first kappa shape index (κ1) is 20.8. The first-order chi connectivity index (χ1) is 15.1. The largest absolute Gasteiger partial charge is 0.497 e. The first-order valence-corrected chi connectivity index (χ1v) is 10.5. The quantitative estimate of drug-likeness (QED) is 0.497. The smallest absolute Gasteiger partial charge is 0.306 e. The Morgan fingerprint density at radius 1 is 1.10 bits per heavy atom. The molecule has 2 aromatic rings. The molecule has 2 aliphatic rings. The van der Waals surface area contributed by atoms with Crippen molar-refractivity contribution in [2.45, 2.75) is 31.7 Å². The van der Waals surface area contributed by atoms with Crippen molar-refractivity contribution < 1.29 is 19.1 Å². The molecule has 1 heterocycles. The minimum atomic E-state index is -0.350. The maximum absolute atomic E-state index is 13.0. The van der Waals surface area contributed by atoms with E-state index in [-0.39, 0.29) is 30.4 Å². The van der Waals surface area contributed by atoms with E-state index in [1.807, 2.05) is 60.7 Å². The van der Waals surface area contributed by atoms with Gasteiger partial charge in [0.05, 0.1) is 25.3 Å². The van der Waals surface area contributed by atoms with Crippen LogP contribution in [0, 0.1) is 5.92 Å². The van der Waals surface area contributed by atoms with Crippen molar-refractivity contribution in [2.75, 3.05) is 13.7 Å². The van der Waals surface area contributed by atoms with Crippen LogP contribution in [0.1, 0.15) is 42.9 Å². The summed E-state index contributed by atoms with van der Waals surface area (Å²) in [4.78, 5) is 25.1. The lowest BCUT2D eigenvalue weighted by molar-refractivity contribution is -0.153. The number of rotatable bonds is 7. The number of carbonyl (C=O) groups excluding carboxylic acids is 2. The molecule has 160 valence electrons. The molecule has 0 aromatic heterocycles. The highest BCUT2D eigenvalue weighted by Gasteiger charge is 2.33. The molecule has 0 unspecified atom stereocenters. The molecule has 6 heteroatoms. The van der Waals surface area contributed by atoms with Gasteiger partial charge in [0.15, 0.2) is 6.61 Å². The number of nitrogens with zero attached hydrogens (tertiary/aromatic N) is 2. The van der Waals surface area contributed by atoms with Crippen molar-refractivity contribution in [3.8, 4) is 5.75 Å². The van der Waals surface area contributed by atoms with Gasteiger partial charge in [-0.1, -0.05) is 54.6 Å². The van der Waals surface area contributed by atoms with Crippen LogP contribution in [0.15, 0.2) is 71.9 Å². The van der Waals surface area contributed by atoms with Crippen LogP contribution in [0.5, 0.6) is 5.75 Å². The lowest BCUT2D eigenvalue weighted by Gasteiger charge is -2.22. The Morgan fingerprint density at radius 2 is 1.87 bits per heavy atom. The van der Waals surface area contributed by atoms with Crippen LogP contribution in [-0.2, 0) is 14.3 Å². The van der Waals surface area contributed by atoms with Crippen LogP contribution in [-0.4, -0.2) is 36.3 Å². The Morgan fingerprint density at radius 3 is 2.55 bits per heavy atom. The number of hydrogen-bond donors (Lipinski definition) is 0. The molecule has 6 nitrogen and oxygen atoms in total. The summed E-state index contributed by atoms with van der Waals surface area (Å²) in [5.74, 6) is 0.280. The van der Waals surface area contributed by atoms with Gasteiger partial charge in [-0.15, -0.1) is 0 Å². The summed E-state index contributed by atoms with van der Waals surface area (Å²) < 4.78 is 10.5. The number of benzene rings is 2. The highest BCUT2D eigenvalue weighted by Crippen LogP contribution is 2.33. The summed E-state index contributed by atoms with van der Waals surface area (Å²) in [7, 11) is 1.62. The van der Waals surface area contributed by atoms with Crippen molar-refractivity contribution in [1.29, 1.82) is 0 Å². The van der Waals surface area contributed by atoms with Crippen molar-refractivity contribution in [2.24, 2.45) is 11.0 Å². The number of methoxy groups -OCH3 is 1. The van der Waals surface area contributed by atoms with Gasteiger partial charge >= 0.3 is 5.97 Å². The Hall–Kier alpha value is -3.41. The van der Waals surface area contributed by atoms with Gasteiger partial charge in [0.25, 0.3) is 5.91 Å². The number of amides is 1. The summed E-state index contributed by atoms with van der Waals surface area (Å²) in [6.45, 7) is -0.312. The average molecular weight is 418 g/mol. The molecular weight excluding hydrogens is 392 g/mol. The number of hydrogen-bond acceptors (Lipinski definition) is 5. The van der Waals surface area contributed by atoms with E-state index >= 15 is 0 Å². The number of esters is 1. The molecule has 2 atom stereocenters. The first-order valence-electron chi connectivity index (χ1n) is 10.5. The maximum atomic E-state index is 13.0. The lowest BCUT2D eigenvalue weighted by Crippen LogP contribution is -2.31. The Bertz CT molecular complexity index is 982. The van der Waals surface area contributed by atoms with Gasteiger partial charge in [0, 0.05) is 6.42 Å². The van der Waals surface area contributed by atoms with Gasteiger partial charge in [-0.2, -0.15) is 5.10 Å². The predicted octanol–water partition coefficient (Wildman–Crippen LogP) is 4.27. The number of ether oxygens (including phenoxy) is 2. The molecule has 0 N–H and O–H groups in total. The molecule has 1 amide bonds. The third-order valence-electron chi connectivity index (χ3n) is 5.67. The fraction of sp³-hybridized carbons (Fsp3) is 0.320. The highest BCUT2D eigenvalue weighted by atomic mass is 16.5. The molecule has 0 saturated heterocycles. The van der Waals surface area contributed by atoms with Crippen molar-refractivity contribution in [3.05, 3.63) is 77.9 Å². The Balaban J connectivity index is 1.48. The van der Waals surface area contributed by atoms with Gasteiger partial charge < -0.3 is 9.47 Å². The second-order valence-corrected chi connectivity index (χ2v) is 7.77. The molecular formula is C25H26N2O4. The van der Waals surface area contributed by atoms with E-state index in [4.69, 9.17) is 9.47 Å². The van der Waals surface area contributed by atoms with Crippen LogP contribution >= 0.6 is 0 Å². The fourth-order valence-electron chi connectivity index (χ4n) is 3.98. The topological polar surface area (TPSA) is 68.2 Å². The SMILES string of the molecule is COc1ccc([C@@H]2CC(c3ccccc3)=NN2C(=O)COC(=O)C[C@H]2C=CCC2)cc1. The van der Waals surface area contributed by atoms with E-state index in [9.17, 15) is 9.59 Å². The minimum Gasteiger partial charge on any atom is -0.497 e. The van der Waals surface area contributed by atoms with Gasteiger partial charge in [0.2, 0.25) is 0 Å². The van der Waals surface area contributed by atoms with E-state index in [0.717, 1.165) is 35.4 Å². The zero-order chi connectivity index (χ0) is 21.6. The Kier molecular flexibility index (Phi) is 6.46. The van der Waals surface area contributed by atoms with Gasteiger partial charge in [-0.05, 0) is 42.0 Å². The van der Waals surface area contributed by atoms with Gasteiger partial charge in [-0.25, -0.2) is 5.01 Å². The second-order valence-electron chi connectivity index (χ2n) is 7.77. The number of allylic oxidation sites excluding steroid dienone is 2. The fourth-order valence-corrected chi connectivity index (χ4v) is 3.98. The summed E-state index contributed by atoms with van der Waals surface area (Å²) in [5.41, 5.74) is 2.75. The predicted molar refractivity (Wildman–Crippen MR) is 118 cm³/mol. The number of carbonyl (C=O) groups is 2.